The van der Waals surface area contributed by atoms with Crippen molar-refractivity contribution >= 4 is 28.0 Å². The first-order valence-electron chi connectivity index (χ1n) is 5.47. The molecule has 0 saturated heterocycles. The third-order valence-corrected chi connectivity index (χ3v) is 2.60. The fraction of sp³-hybridized carbons (Fsp3) is 0.357. The summed E-state index contributed by atoms with van der Waals surface area (Å²) in [6, 6.07) is 7.97. The number of benzene rings is 1. The van der Waals surface area contributed by atoms with Gasteiger partial charge < -0.3 is 4.74 Å². The van der Waals surface area contributed by atoms with Gasteiger partial charge in [-0.1, -0.05) is 40.2 Å². The smallest absolute Gasteiger partial charge is 0.331 e. The molecule has 0 aliphatic carbocycles. The largest absolute Gasteiger partial charge is 0.457 e. The first kappa shape index (κ1) is 14.0. The monoisotopic (exact) mass is 296 g/mol. The second-order valence-electron chi connectivity index (χ2n) is 4.74. The van der Waals surface area contributed by atoms with Crippen molar-refractivity contribution in [2.24, 2.45) is 0 Å². The Morgan fingerprint density at radius 2 is 1.88 bits per heavy atom. The Bertz CT molecular complexity index is 399. The second-order valence-corrected chi connectivity index (χ2v) is 5.30. The van der Waals surface area contributed by atoms with Gasteiger partial charge in [-0.15, -0.1) is 0 Å². The molecule has 0 aliphatic rings. The molecule has 0 bridgehead atoms. The zero-order valence-electron chi connectivity index (χ0n) is 10.4. The predicted molar refractivity (Wildman–Crippen MR) is 74.0 cm³/mol. The number of hydrogen-bond acceptors (Lipinski definition) is 2. The van der Waals surface area contributed by atoms with E-state index in [1.807, 2.05) is 45.0 Å². The molecule has 0 aliphatic heterocycles. The lowest BCUT2D eigenvalue weighted by molar-refractivity contribution is -0.148. The summed E-state index contributed by atoms with van der Waals surface area (Å²) in [7, 11) is 0. The predicted octanol–water partition coefficient (Wildman–Crippen LogP) is 3.94. The Hall–Kier alpha value is -1.09. The van der Waals surface area contributed by atoms with E-state index >= 15 is 0 Å². The topological polar surface area (TPSA) is 26.3 Å². The summed E-state index contributed by atoms with van der Waals surface area (Å²) in [5.41, 5.74) is 1.75. The molecule has 2 nitrogen and oxygen atoms in total. The SMILES string of the molecule is CC(C)(C)OC(=O)/C=C/c1ccc(CBr)cc1. The molecule has 0 unspecified atom stereocenters. The molecule has 3 heteroatoms. The maximum atomic E-state index is 11.4. The summed E-state index contributed by atoms with van der Waals surface area (Å²) in [6.07, 6.45) is 3.21. The van der Waals surface area contributed by atoms with Crippen LogP contribution >= 0.6 is 15.9 Å². The van der Waals surface area contributed by atoms with Crippen molar-refractivity contribution in [3.63, 3.8) is 0 Å². The van der Waals surface area contributed by atoms with Crippen LogP contribution in [0, 0.1) is 0 Å². The van der Waals surface area contributed by atoms with Crippen LogP contribution in [0.1, 0.15) is 31.9 Å². The highest BCUT2D eigenvalue weighted by Crippen LogP contribution is 2.11. The van der Waals surface area contributed by atoms with Gasteiger partial charge in [0.05, 0.1) is 0 Å². The molecule has 0 radical (unpaired) electrons. The van der Waals surface area contributed by atoms with Gasteiger partial charge in [0.25, 0.3) is 0 Å². The fourth-order valence-electron chi connectivity index (χ4n) is 1.22. The minimum Gasteiger partial charge on any atom is -0.457 e. The van der Waals surface area contributed by atoms with Gasteiger partial charge in [-0.3, -0.25) is 0 Å². The number of halogens is 1. The molecule has 1 aromatic rings. The Morgan fingerprint density at radius 3 is 2.35 bits per heavy atom. The van der Waals surface area contributed by atoms with Crippen LogP contribution in [-0.4, -0.2) is 11.6 Å². The highest BCUT2D eigenvalue weighted by atomic mass is 79.9. The van der Waals surface area contributed by atoms with E-state index in [2.05, 4.69) is 15.9 Å². The summed E-state index contributed by atoms with van der Waals surface area (Å²) >= 11 is 3.39. The summed E-state index contributed by atoms with van der Waals surface area (Å²) in [5.74, 6) is -0.318. The van der Waals surface area contributed by atoms with Crippen molar-refractivity contribution in [1.29, 1.82) is 0 Å². The normalized spacial score (nSPS) is 11.8. The molecule has 0 heterocycles. The molecule has 0 N–H and O–H groups in total. The molecule has 1 rings (SSSR count). The lowest BCUT2D eigenvalue weighted by Crippen LogP contribution is -2.22. The molecule has 0 spiro atoms. The molecule has 0 atom stereocenters. The molecule has 0 fully saturated rings. The van der Waals surface area contributed by atoms with Gasteiger partial charge in [0, 0.05) is 11.4 Å². The highest BCUT2D eigenvalue weighted by Gasteiger charge is 2.13. The van der Waals surface area contributed by atoms with Gasteiger partial charge in [-0.25, -0.2) is 4.79 Å². The van der Waals surface area contributed by atoms with Crippen molar-refractivity contribution < 1.29 is 9.53 Å². The molecular weight excluding hydrogens is 280 g/mol. The molecule has 0 amide bonds. The van der Waals surface area contributed by atoms with Crippen LogP contribution in [0.4, 0.5) is 0 Å². The highest BCUT2D eigenvalue weighted by molar-refractivity contribution is 9.08. The van der Waals surface area contributed by atoms with E-state index in [0.717, 1.165) is 10.9 Å². The summed E-state index contributed by atoms with van der Waals surface area (Å²) < 4.78 is 5.17. The summed E-state index contributed by atoms with van der Waals surface area (Å²) in [5, 5.41) is 0.836. The zero-order valence-corrected chi connectivity index (χ0v) is 12.0. The second kappa shape index (κ2) is 6.01. The van der Waals surface area contributed by atoms with Crippen LogP contribution in [0.3, 0.4) is 0 Å². The number of carbonyl (C=O) groups is 1. The van der Waals surface area contributed by atoms with E-state index in [-0.39, 0.29) is 5.97 Å². The van der Waals surface area contributed by atoms with Crippen molar-refractivity contribution in [3.05, 3.63) is 41.5 Å². The van der Waals surface area contributed by atoms with E-state index in [4.69, 9.17) is 4.74 Å². The van der Waals surface area contributed by atoms with Crippen LogP contribution in [0.25, 0.3) is 6.08 Å². The van der Waals surface area contributed by atoms with Crippen LogP contribution in [0.5, 0.6) is 0 Å². The number of carbonyl (C=O) groups excluding carboxylic acids is 1. The Labute approximate surface area is 111 Å². The Kier molecular flexibility index (Phi) is 4.94. The first-order chi connectivity index (χ1) is 7.90. The van der Waals surface area contributed by atoms with E-state index in [0.29, 0.717) is 0 Å². The van der Waals surface area contributed by atoms with Gasteiger partial charge >= 0.3 is 5.97 Å². The van der Waals surface area contributed by atoms with E-state index in [9.17, 15) is 4.79 Å². The van der Waals surface area contributed by atoms with Gasteiger partial charge in [0.2, 0.25) is 0 Å². The van der Waals surface area contributed by atoms with E-state index in [1.54, 1.807) is 6.08 Å². The van der Waals surface area contributed by atoms with Crippen molar-refractivity contribution in [1.82, 2.24) is 0 Å². The standard InChI is InChI=1S/C14H17BrO2/c1-14(2,3)17-13(16)9-8-11-4-6-12(10-15)7-5-11/h4-9H,10H2,1-3H3/b9-8+. The third kappa shape index (κ3) is 5.68. The maximum Gasteiger partial charge on any atom is 0.331 e. The van der Waals surface area contributed by atoms with Crippen LogP contribution in [0.15, 0.2) is 30.3 Å². The van der Waals surface area contributed by atoms with Crippen LogP contribution < -0.4 is 0 Å². The molecule has 0 aromatic heterocycles. The Balaban J connectivity index is 2.61. The summed E-state index contributed by atoms with van der Waals surface area (Å²) in [6.45, 7) is 5.55. The molecule has 1 aromatic carbocycles. The zero-order chi connectivity index (χ0) is 12.9. The number of esters is 1. The van der Waals surface area contributed by atoms with Crippen molar-refractivity contribution in [2.45, 2.75) is 31.7 Å². The minimum absolute atomic E-state index is 0.318. The van der Waals surface area contributed by atoms with E-state index in [1.165, 1.54) is 11.6 Å². The molecular formula is C14H17BrO2. The van der Waals surface area contributed by atoms with E-state index < -0.39 is 5.60 Å². The van der Waals surface area contributed by atoms with Crippen LogP contribution in [0.2, 0.25) is 0 Å². The number of alkyl halides is 1. The minimum atomic E-state index is -0.443. The lowest BCUT2D eigenvalue weighted by atomic mass is 10.1. The molecule has 92 valence electrons. The Morgan fingerprint density at radius 1 is 1.29 bits per heavy atom. The van der Waals surface area contributed by atoms with Gasteiger partial charge in [-0.05, 0) is 38.0 Å². The van der Waals surface area contributed by atoms with Crippen molar-refractivity contribution in [3.8, 4) is 0 Å². The van der Waals surface area contributed by atoms with Gasteiger partial charge in [-0.2, -0.15) is 0 Å². The number of ether oxygens (including phenoxy) is 1. The average Bonchev–Trinajstić information content (AvgIpc) is 2.25. The first-order valence-corrected chi connectivity index (χ1v) is 6.59. The molecule has 0 saturated carbocycles. The van der Waals surface area contributed by atoms with Gasteiger partial charge in [0.15, 0.2) is 0 Å². The quantitative estimate of drug-likeness (QED) is 0.480. The number of hydrogen-bond donors (Lipinski definition) is 0. The number of rotatable bonds is 3. The average molecular weight is 297 g/mol. The lowest BCUT2D eigenvalue weighted by Gasteiger charge is -2.17. The fourth-order valence-corrected chi connectivity index (χ4v) is 1.59. The molecule has 17 heavy (non-hydrogen) atoms. The van der Waals surface area contributed by atoms with Crippen LogP contribution in [-0.2, 0) is 14.9 Å². The van der Waals surface area contributed by atoms with Gasteiger partial charge in [0.1, 0.15) is 5.60 Å². The summed E-state index contributed by atoms with van der Waals surface area (Å²) in [4.78, 5) is 11.4. The maximum absolute atomic E-state index is 11.4. The van der Waals surface area contributed by atoms with Crippen molar-refractivity contribution in [2.75, 3.05) is 0 Å². The third-order valence-electron chi connectivity index (χ3n) is 1.95.